The van der Waals surface area contributed by atoms with E-state index in [4.69, 9.17) is 23.2 Å². The lowest BCUT2D eigenvalue weighted by molar-refractivity contribution is 0.422. The second-order valence-corrected chi connectivity index (χ2v) is 5.74. The van der Waals surface area contributed by atoms with Crippen molar-refractivity contribution in [2.75, 3.05) is 0 Å². The highest BCUT2D eigenvalue weighted by molar-refractivity contribution is 6.42. The standard InChI is InChI=1S/C15H13Cl2N3/c1-9(2)20-5-3-12-13(4-6-20)19-15-8-11(17)10(16)7-14(15)18-12/h3-9H,1-2H3. The monoisotopic (exact) mass is 305 g/mol. The molecule has 0 bridgehead atoms. The summed E-state index contributed by atoms with van der Waals surface area (Å²) < 4.78 is 0. The van der Waals surface area contributed by atoms with Crippen LogP contribution < -0.4 is 0 Å². The van der Waals surface area contributed by atoms with Crippen molar-refractivity contribution in [1.29, 1.82) is 0 Å². The molecule has 0 amide bonds. The second kappa shape index (κ2) is 5.08. The molecule has 1 aromatic carbocycles. The molecule has 3 nitrogen and oxygen atoms in total. The van der Waals surface area contributed by atoms with Gasteiger partial charge in [0.2, 0.25) is 0 Å². The molecule has 0 aliphatic carbocycles. The van der Waals surface area contributed by atoms with E-state index in [9.17, 15) is 0 Å². The van der Waals surface area contributed by atoms with Crippen molar-refractivity contribution in [3.05, 3.63) is 46.0 Å². The minimum atomic E-state index is 0.384. The van der Waals surface area contributed by atoms with Gasteiger partial charge in [-0.05, 0) is 38.1 Å². The van der Waals surface area contributed by atoms with E-state index in [1.54, 1.807) is 12.1 Å². The third-order valence-electron chi connectivity index (χ3n) is 3.17. The minimum Gasteiger partial charge on any atom is -0.352 e. The third kappa shape index (κ3) is 2.39. The van der Waals surface area contributed by atoms with Crippen LogP contribution in [0, 0.1) is 0 Å². The number of benzene rings is 1. The molecule has 5 heteroatoms. The van der Waals surface area contributed by atoms with E-state index in [0.29, 0.717) is 16.1 Å². The average molecular weight is 306 g/mol. The molecule has 3 rings (SSSR count). The van der Waals surface area contributed by atoms with Crippen molar-refractivity contribution in [3.8, 4) is 0 Å². The Morgan fingerprint density at radius 1 is 0.900 bits per heavy atom. The Morgan fingerprint density at radius 3 is 1.75 bits per heavy atom. The lowest BCUT2D eigenvalue weighted by Crippen LogP contribution is -2.18. The molecule has 0 radical (unpaired) electrons. The van der Waals surface area contributed by atoms with Gasteiger partial charge in [0.05, 0.1) is 32.5 Å². The molecule has 0 spiro atoms. The molecule has 2 heterocycles. The minimum absolute atomic E-state index is 0.384. The molecule has 0 fully saturated rings. The number of hydrogen-bond acceptors (Lipinski definition) is 3. The van der Waals surface area contributed by atoms with E-state index in [0.717, 1.165) is 22.4 Å². The average Bonchev–Trinajstić information content (AvgIpc) is 2.60. The number of fused-ring (bicyclic) bond motifs is 2. The van der Waals surface area contributed by atoms with Crippen LogP contribution in [-0.4, -0.2) is 20.9 Å². The zero-order chi connectivity index (χ0) is 14.3. The van der Waals surface area contributed by atoms with Crippen molar-refractivity contribution < 1.29 is 0 Å². The Labute approximate surface area is 127 Å². The summed E-state index contributed by atoms with van der Waals surface area (Å²) >= 11 is 12.1. The smallest absolute Gasteiger partial charge is 0.0910 e. The predicted molar refractivity (Wildman–Crippen MR) is 84.6 cm³/mol. The number of hydrogen-bond donors (Lipinski definition) is 0. The fourth-order valence-electron chi connectivity index (χ4n) is 2.03. The summed E-state index contributed by atoms with van der Waals surface area (Å²) in [5.74, 6) is 0. The van der Waals surface area contributed by atoms with E-state index >= 15 is 0 Å². The van der Waals surface area contributed by atoms with Crippen molar-refractivity contribution in [2.24, 2.45) is 0 Å². The number of rotatable bonds is 1. The highest BCUT2D eigenvalue weighted by Crippen LogP contribution is 2.27. The first-order valence-electron chi connectivity index (χ1n) is 6.35. The van der Waals surface area contributed by atoms with Gasteiger partial charge < -0.3 is 4.90 Å². The Balaban J connectivity index is 2.17. The van der Waals surface area contributed by atoms with Gasteiger partial charge in [0, 0.05) is 18.4 Å². The number of nitrogens with zero attached hydrogens (tertiary/aromatic N) is 3. The van der Waals surface area contributed by atoms with Gasteiger partial charge in [0.1, 0.15) is 0 Å². The van der Waals surface area contributed by atoms with E-state index in [2.05, 4.69) is 28.7 Å². The van der Waals surface area contributed by atoms with E-state index in [1.165, 1.54) is 0 Å². The van der Waals surface area contributed by atoms with Gasteiger partial charge in [0.15, 0.2) is 0 Å². The maximum Gasteiger partial charge on any atom is 0.0910 e. The first-order valence-corrected chi connectivity index (χ1v) is 7.11. The lowest BCUT2D eigenvalue weighted by atomic mass is 10.2. The Morgan fingerprint density at radius 2 is 1.35 bits per heavy atom. The summed E-state index contributed by atoms with van der Waals surface area (Å²) in [6.07, 6.45) is 7.94. The maximum absolute atomic E-state index is 6.03. The number of halogens is 2. The Hall–Kier alpha value is -1.58. The molecular formula is C15H13Cl2N3. The van der Waals surface area contributed by atoms with Crippen LogP contribution in [0.1, 0.15) is 25.2 Å². The van der Waals surface area contributed by atoms with Crippen LogP contribution in [0.4, 0.5) is 0 Å². The summed E-state index contributed by atoms with van der Waals surface area (Å²) in [6, 6.07) is 3.87. The zero-order valence-electron chi connectivity index (χ0n) is 11.1. The first kappa shape index (κ1) is 13.4. The SMILES string of the molecule is CC(C)N1C=Cc2nc3cc(Cl)c(Cl)cc3nc2C=C1. The summed E-state index contributed by atoms with van der Waals surface area (Å²) in [5.41, 5.74) is 3.15. The topological polar surface area (TPSA) is 29.0 Å². The second-order valence-electron chi connectivity index (χ2n) is 4.92. The fourth-order valence-corrected chi connectivity index (χ4v) is 2.35. The number of aromatic nitrogens is 2. The van der Waals surface area contributed by atoms with Gasteiger partial charge in [-0.2, -0.15) is 0 Å². The Bertz CT molecular complexity index is 677. The van der Waals surface area contributed by atoms with Gasteiger partial charge in [0.25, 0.3) is 0 Å². The molecule has 20 heavy (non-hydrogen) atoms. The molecule has 0 atom stereocenters. The van der Waals surface area contributed by atoms with Gasteiger partial charge >= 0.3 is 0 Å². The zero-order valence-corrected chi connectivity index (χ0v) is 12.7. The highest BCUT2D eigenvalue weighted by Gasteiger charge is 2.11. The fraction of sp³-hybridized carbons (Fsp3) is 0.200. The van der Waals surface area contributed by atoms with Crippen molar-refractivity contribution in [2.45, 2.75) is 19.9 Å². The maximum atomic E-state index is 6.03. The van der Waals surface area contributed by atoms with Gasteiger partial charge in [-0.25, -0.2) is 9.97 Å². The third-order valence-corrected chi connectivity index (χ3v) is 3.89. The molecule has 0 unspecified atom stereocenters. The Kier molecular flexibility index (Phi) is 3.40. The van der Waals surface area contributed by atoms with Gasteiger partial charge in [-0.3, -0.25) is 0 Å². The highest BCUT2D eigenvalue weighted by atomic mass is 35.5. The van der Waals surface area contributed by atoms with E-state index in [1.807, 2.05) is 24.6 Å². The van der Waals surface area contributed by atoms with Gasteiger partial charge in [-0.1, -0.05) is 23.2 Å². The summed E-state index contributed by atoms with van der Waals surface area (Å²) in [4.78, 5) is 11.3. The molecule has 1 aromatic heterocycles. The molecule has 0 saturated heterocycles. The molecular weight excluding hydrogens is 293 g/mol. The van der Waals surface area contributed by atoms with Crippen LogP contribution in [0.5, 0.6) is 0 Å². The normalized spacial score (nSPS) is 13.9. The van der Waals surface area contributed by atoms with Crippen LogP contribution in [0.2, 0.25) is 10.0 Å². The van der Waals surface area contributed by atoms with Crippen molar-refractivity contribution in [3.63, 3.8) is 0 Å². The summed E-state index contributed by atoms with van der Waals surface area (Å²) in [5, 5.41) is 0.982. The molecule has 102 valence electrons. The molecule has 0 saturated carbocycles. The summed E-state index contributed by atoms with van der Waals surface area (Å²) in [6.45, 7) is 4.25. The van der Waals surface area contributed by atoms with Crippen LogP contribution >= 0.6 is 23.2 Å². The first-order chi connectivity index (χ1) is 9.54. The molecule has 0 N–H and O–H groups in total. The van der Waals surface area contributed by atoms with Gasteiger partial charge in [-0.15, -0.1) is 0 Å². The quantitative estimate of drug-likeness (QED) is 0.771. The van der Waals surface area contributed by atoms with E-state index in [-0.39, 0.29) is 0 Å². The van der Waals surface area contributed by atoms with Crippen LogP contribution in [-0.2, 0) is 0 Å². The van der Waals surface area contributed by atoms with Crippen LogP contribution in [0.15, 0.2) is 24.5 Å². The lowest BCUT2D eigenvalue weighted by Gasteiger charge is -2.18. The van der Waals surface area contributed by atoms with Crippen LogP contribution in [0.3, 0.4) is 0 Å². The largest absolute Gasteiger partial charge is 0.352 e. The molecule has 2 aromatic rings. The van der Waals surface area contributed by atoms with Crippen LogP contribution in [0.25, 0.3) is 23.2 Å². The van der Waals surface area contributed by atoms with Crippen molar-refractivity contribution in [1.82, 2.24) is 14.9 Å². The summed E-state index contributed by atoms with van der Waals surface area (Å²) in [7, 11) is 0. The predicted octanol–water partition coefficient (Wildman–Crippen LogP) is 4.60. The van der Waals surface area contributed by atoms with E-state index < -0.39 is 0 Å². The van der Waals surface area contributed by atoms with Crippen molar-refractivity contribution >= 4 is 46.4 Å². The molecule has 1 aliphatic heterocycles. The molecule has 1 aliphatic rings.